The minimum Gasteiger partial charge on any atom is -0.355 e. The van der Waals surface area contributed by atoms with Crippen molar-refractivity contribution in [3.05, 3.63) is 41.7 Å². The lowest BCUT2D eigenvalue weighted by molar-refractivity contribution is 0.494. The summed E-state index contributed by atoms with van der Waals surface area (Å²) in [5.74, 6) is -1.35. The Balaban J connectivity index is 1.56. The number of anilines is 1. The van der Waals surface area contributed by atoms with E-state index in [1.807, 2.05) is 0 Å². The molecule has 4 rings (SSSR count). The zero-order valence-corrected chi connectivity index (χ0v) is 12.9. The van der Waals surface area contributed by atoms with Gasteiger partial charge in [0, 0.05) is 30.8 Å². The lowest BCUT2D eigenvalue weighted by Crippen LogP contribution is -2.26. The van der Waals surface area contributed by atoms with Crippen molar-refractivity contribution in [1.82, 2.24) is 10.2 Å². The number of benzene rings is 1. The van der Waals surface area contributed by atoms with Crippen LogP contribution >= 0.6 is 0 Å². The van der Waals surface area contributed by atoms with Gasteiger partial charge in [-0.2, -0.15) is 0 Å². The van der Waals surface area contributed by atoms with Crippen LogP contribution in [0.1, 0.15) is 12.8 Å². The second-order valence-electron chi connectivity index (χ2n) is 6.68. The second kappa shape index (κ2) is 5.73. The molecule has 2 heterocycles. The Morgan fingerprint density at radius 1 is 1.00 bits per heavy atom. The number of aromatic nitrogens is 2. The fourth-order valence-electron chi connectivity index (χ4n) is 3.91. The molecule has 0 amide bonds. The minimum atomic E-state index is -1.24. The average Bonchev–Trinajstić information content (AvgIpc) is 3.08. The van der Waals surface area contributed by atoms with Crippen LogP contribution in [0.25, 0.3) is 11.3 Å². The number of hydrogen-bond donors (Lipinski definition) is 1. The Morgan fingerprint density at radius 3 is 2.33 bits per heavy atom. The maximum atomic E-state index is 13.8. The fourth-order valence-corrected chi connectivity index (χ4v) is 3.91. The van der Waals surface area contributed by atoms with Crippen molar-refractivity contribution < 1.29 is 13.2 Å². The van der Waals surface area contributed by atoms with Crippen LogP contribution in [-0.2, 0) is 0 Å². The van der Waals surface area contributed by atoms with Gasteiger partial charge in [0.1, 0.15) is 5.82 Å². The van der Waals surface area contributed by atoms with E-state index in [4.69, 9.17) is 5.73 Å². The summed E-state index contributed by atoms with van der Waals surface area (Å²) >= 11 is 0. The molecule has 2 fully saturated rings. The third-order valence-electron chi connectivity index (χ3n) is 5.03. The highest BCUT2D eigenvalue weighted by Gasteiger charge is 2.40. The summed E-state index contributed by atoms with van der Waals surface area (Å²) in [6.45, 7) is 1.77. The maximum absolute atomic E-state index is 13.8. The van der Waals surface area contributed by atoms with Gasteiger partial charge in [-0.15, -0.1) is 10.2 Å². The summed E-state index contributed by atoms with van der Waals surface area (Å²) in [6.07, 6.45) is 2.06. The van der Waals surface area contributed by atoms with Crippen molar-refractivity contribution in [2.24, 2.45) is 17.6 Å². The van der Waals surface area contributed by atoms with Gasteiger partial charge in [0.25, 0.3) is 0 Å². The highest BCUT2D eigenvalue weighted by atomic mass is 19.2. The van der Waals surface area contributed by atoms with Gasteiger partial charge < -0.3 is 10.6 Å². The van der Waals surface area contributed by atoms with Gasteiger partial charge in [-0.25, -0.2) is 13.2 Å². The second-order valence-corrected chi connectivity index (χ2v) is 6.68. The van der Waals surface area contributed by atoms with Crippen LogP contribution in [0.4, 0.5) is 19.0 Å². The van der Waals surface area contributed by atoms with Gasteiger partial charge in [0.05, 0.1) is 5.69 Å². The third kappa shape index (κ3) is 2.62. The molecular weight excluding hydrogens is 317 g/mol. The maximum Gasteiger partial charge on any atom is 0.168 e. The molecule has 0 unspecified atom stereocenters. The Hall–Kier alpha value is -2.15. The first-order valence-electron chi connectivity index (χ1n) is 8.00. The highest BCUT2D eigenvalue weighted by molar-refractivity contribution is 5.61. The number of halogens is 3. The van der Waals surface area contributed by atoms with Crippen LogP contribution in [0.2, 0.25) is 0 Å². The zero-order chi connectivity index (χ0) is 16.8. The number of hydrogen-bond acceptors (Lipinski definition) is 4. The molecule has 7 heteroatoms. The molecule has 2 N–H and O–H groups in total. The number of rotatable bonds is 2. The molecule has 2 aromatic rings. The number of nitrogens with two attached hydrogens (primary N) is 1. The summed E-state index contributed by atoms with van der Waals surface area (Å²) in [6, 6.07) is 4.98. The Kier molecular flexibility index (Phi) is 3.68. The predicted octanol–water partition coefficient (Wildman–Crippen LogP) is 2.73. The van der Waals surface area contributed by atoms with Crippen LogP contribution in [0.15, 0.2) is 24.3 Å². The smallest absolute Gasteiger partial charge is 0.168 e. The summed E-state index contributed by atoms with van der Waals surface area (Å²) in [7, 11) is 0. The number of fused-ring (bicyclic) bond motifs is 1. The van der Waals surface area contributed by atoms with Gasteiger partial charge in [-0.05, 0) is 42.9 Å². The summed E-state index contributed by atoms with van der Waals surface area (Å²) < 4.78 is 40.5. The van der Waals surface area contributed by atoms with E-state index in [-0.39, 0.29) is 11.3 Å². The first-order chi connectivity index (χ1) is 11.5. The minimum absolute atomic E-state index is 0.107. The van der Waals surface area contributed by atoms with Gasteiger partial charge in [0.15, 0.2) is 17.5 Å². The van der Waals surface area contributed by atoms with E-state index < -0.39 is 17.5 Å². The monoisotopic (exact) mass is 334 g/mol. The molecule has 2 aliphatic rings. The van der Waals surface area contributed by atoms with E-state index in [1.165, 1.54) is 0 Å². The molecule has 0 spiro atoms. The van der Waals surface area contributed by atoms with Gasteiger partial charge in [-0.1, -0.05) is 0 Å². The summed E-state index contributed by atoms with van der Waals surface area (Å²) in [4.78, 5) is 2.14. The van der Waals surface area contributed by atoms with Crippen molar-refractivity contribution in [1.29, 1.82) is 0 Å². The molecular formula is C17H17F3N4. The van der Waals surface area contributed by atoms with Crippen LogP contribution in [0.3, 0.4) is 0 Å². The molecule has 0 radical (unpaired) electrons. The van der Waals surface area contributed by atoms with Crippen molar-refractivity contribution in [2.75, 3.05) is 18.0 Å². The predicted molar refractivity (Wildman–Crippen MR) is 83.7 cm³/mol. The Morgan fingerprint density at radius 2 is 1.71 bits per heavy atom. The van der Waals surface area contributed by atoms with Gasteiger partial charge in [-0.3, -0.25) is 0 Å². The molecule has 1 aliphatic heterocycles. The van der Waals surface area contributed by atoms with Gasteiger partial charge >= 0.3 is 0 Å². The van der Waals surface area contributed by atoms with Crippen LogP contribution < -0.4 is 10.6 Å². The third-order valence-corrected chi connectivity index (χ3v) is 5.03. The molecule has 1 saturated heterocycles. The molecule has 1 saturated carbocycles. The largest absolute Gasteiger partial charge is 0.355 e. The normalized spacial score (nSPS) is 23.8. The Bertz CT molecular complexity index is 751. The summed E-state index contributed by atoms with van der Waals surface area (Å²) in [5, 5.41) is 8.07. The van der Waals surface area contributed by atoms with E-state index in [2.05, 4.69) is 15.1 Å². The van der Waals surface area contributed by atoms with E-state index in [0.29, 0.717) is 29.8 Å². The molecule has 24 heavy (non-hydrogen) atoms. The Labute approximate surface area is 137 Å². The lowest BCUT2D eigenvalue weighted by atomic mass is 10.0. The van der Waals surface area contributed by atoms with Crippen LogP contribution in [-0.4, -0.2) is 29.3 Å². The molecule has 1 aromatic heterocycles. The first-order valence-corrected chi connectivity index (χ1v) is 8.00. The van der Waals surface area contributed by atoms with E-state index >= 15 is 0 Å². The van der Waals surface area contributed by atoms with Crippen molar-refractivity contribution in [3.63, 3.8) is 0 Å². The van der Waals surface area contributed by atoms with E-state index in [0.717, 1.165) is 32.0 Å². The van der Waals surface area contributed by atoms with Crippen LogP contribution in [0, 0.1) is 29.3 Å². The standard InChI is InChI=1S/C17H17F3N4/c18-11-5-13(17(20)14(19)6-11)15-1-2-16(23-22-15)24-7-9-3-12(21)4-10(9)8-24/h1-2,5-6,9-10,12H,3-4,7-8,21H2/t9-,10-/m1/s1. The van der Waals surface area contributed by atoms with Crippen LogP contribution in [0.5, 0.6) is 0 Å². The first kappa shape index (κ1) is 15.4. The number of nitrogens with zero attached hydrogens (tertiary/aromatic N) is 3. The molecule has 1 aromatic carbocycles. The average molecular weight is 334 g/mol. The van der Waals surface area contributed by atoms with E-state index in [9.17, 15) is 13.2 Å². The molecule has 126 valence electrons. The molecule has 0 bridgehead atoms. The lowest BCUT2D eigenvalue weighted by Gasteiger charge is -2.18. The topological polar surface area (TPSA) is 55.0 Å². The zero-order valence-electron chi connectivity index (χ0n) is 12.9. The summed E-state index contributed by atoms with van der Waals surface area (Å²) in [5.41, 5.74) is 5.87. The van der Waals surface area contributed by atoms with Crippen molar-refractivity contribution >= 4 is 5.82 Å². The highest BCUT2D eigenvalue weighted by Crippen LogP contribution is 2.38. The quantitative estimate of drug-likeness (QED) is 0.858. The van der Waals surface area contributed by atoms with Crippen molar-refractivity contribution in [2.45, 2.75) is 18.9 Å². The molecule has 1 aliphatic carbocycles. The SMILES string of the molecule is NC1C[C@@H]2CN(c3ccc(-c4cc(F)cc(F)c4F)nn3)C[C@H]2C1. The van der Waals surface area contributed by atoms with Gasteiger partial charge in [0.2, 0.25) is 0 Å². The molecule has 4 nitrogen and oxygen atoms in total. The van der Waals surface area contributed by atoms with E-state index in [1.54, 1.807) is 12.1 Å². The molecule has 2 atom stereocenters. The fraction of sp³-hybridized carbons (Fsp3) is 0.412. The van der Waals surface area contributed by atoms with Crippen molar-refractivity contribution in [3.8, 4) is 11.3 Å².